The first kappa shape index (κ1) is 17.7. The van der Waals surface area contributed by atoms with Gasteiger partial charge in [0.1, 0.15) is 5.76 Å². The molecule has 0 fully saturated rings. The van der Waals surface area contributed by atoms with E-state index in [9.17, 15) is 19.7 Å². The monoisotopic (exact) mass is 394 g/mol. The first-order valence-corrected chi connectivity index (χ1v) is 8.51. The molecule has 4 aromatic rings. The van der Waals surface area contributed by atoms with Crippen molar-refractivity contribution in [2.45, 2.75) is 0 Å². The van der Waals surface area contributed by atoms with Crippen LogP contribution >= 0.6 is 11.6 Å². The fourth-order valence-corrected chi connectivity index (χ4v) is 3.21. The summed E-state index contributed by atoms with van der Waals surface area (Å²) in [4.78, 5) is 34.9. The molecule has 2 aromatic heterocycles. The molecule has 2 aromatic carbocycles. The molecule has 28 heavy (non-hydrogen) atoms. The van der Waals surface area contributed by atoms with Crippen molar-refractivity contribution in [3.05, 3.63) is 87.3 Å². The van der Waals surface area contributed by atoms with Crippen molar-refractivity contribution in [1.82, 2.24) is 4.57 Å². The Hall–Kier alpha value is -3.71. The highest BCUT2D eigenvalue weighted by atomic mass is 35.5. The largest absolute Gasteiger partial charge is 0.451 e. The Morgan fingerprint density at radius 2 is 1.93 bits per heavy atom. The van der Waals surface area contributed by atoms with Gasteiger partial charge in [-0.25, -0.2) is 0 Å². The van der Waals surface area contributed by atoms with Crippen LogP contribution in [0.25, 0.3) is 22.2 Å². The molecule has 138 valence electrons. The molecular formula is C20H11ClN2O5. The third-order valence-electron chi connectivity index (χ3n) is 4.33. The number of nitrogens with zero attached hydrogens (tertiary/aromatic N) is 2. The number of fused-ring (bicyclic) bond motifs is 1. The van der Waals surface area contributed by atoms with Crippen LogP contribution in [0.5, 0.6) is 0 Å². The Balaban J connectivity index is 1.78. The molecule has 0 amide bonds. The molecule has 8 heteroatoms. The summed E-state index contributed by atoms with van der Waals surface area (Å²) in [6, 6.07) is 14.1. The lowest BCUT2D eigenvalue weighted by Gasteiger charge is -2.02. The van der Waals surface area contributed by atoms with E-state index < -0.39 is 10.8 Å². The summed E-state index contributed by atoms with van der Waals surface area (Å²) >= 11 is 5.83. The summed E-state index contributed by atoms with van der Waals surface area (Å²) < 4.78 is 6.92. The van der Waals surface area contributed by atoms with Crippen LogP contribution < -0.4 is 0 Å². The van der Waals surface area contributed by atoms with E-state index in [0.29, 0.717) is 22.8 Å². The SMILES string of the molecule is O=Cc1cn(C(=O)c2ccc(-c3ccc(Cl)cc3[N+](=O)[O-])o2)c2ccccc12. The number of hydrogen-bond donors (Lipinski definition) is 0. The highest BCUT2D eigenvalue weighted by Gasteiger charge is 2.22. The number of aldehydes is 1. The van der Waals surface area contributed by atoms with Gasteiger partial charge in [-0.3, -0.25) is 24.3 Å². The Labute approximate surface area is 162 Å². The normalized spacial score (nSPS) is 10.9. The second-order valence-electron chi connectivity index (χ2n) is 5.98. The highest BCUT2D eigenvalue weighted by Crippen LogP contribution is 2.33. The zero-order valence-corrected chi connectivity index (χ0v) is 14.9. The molecule has 0 spiro atoms. The summed E-state index contributed by atoms with van der Waals surface area (Å²) in [5, 5.41) is 12.2. The van der Waals surface area contributed by atoms with Crippen molar-refractivity contribution in [1.29, 1.82) is 0 Å². The van der Waals surface area contributed by atoms with Gasteiger partial charge in [-0.1, -0.05) is 29.8 Å². The third kappa shape index (κ3) is 2.87. The molecule has 2 heterocycles. The quantitative estimate of drug-likeness (QED) is 0.277. The third-order valence-corrected chi connectivity index (χ3v) is 4.56. The molecule has 0 atom stereocenters. The summed E-state index contributed by atoms with van der Waals surface area (Å²) in [7, 11) is 0. The van der Waals surface area contributed by atoms with E-state index in [1.165, 1.54) is 41.1 Å². The first-order valence-electron chi connectivity index (χ1n) is 8.13. The first-order chi connectivity index (χ1) is 13.5. The minimum absolute atomic E-state index is 0.0162. The van der Waals surface area contributed by atoms with Crippen LogP contribution in [-0.2, 0) is 0 Å². The summed E-state index contributed by atoms with van der Waals surface area (Å²) in [5.41, 5.74) is 0.920. The fraction of sp³-hybridized carbons (Fsp3) is 0. The van der Waals surface area contributed by atoms with Crippen molar-refractivity contribution in [2.24, 2.45) is 0 Å². The average molecular weight is 395 g/mol. The van der Waals surface area contributed by atoms with Gasteiger partial charge in [0, 0.05) is 28.2 Å². The number of carbonyl (C=O) groups excluding carboxylic acids is 2. The van der Waals surface area contributed by atoms with Crippen LogP contribution in [0.4, 0.5) is 5.69 Å². The maximum atomic E-state index is 12.9. The Morgan fingerprint density at radius 1 is 1.14 bits per heavy atom. The van der Waals surface area contributed by atoms with E-state index in [2.05, 4.69) is 0 Å². The number of nitro groups is 1. The Kier molecular flexibility index (Phi) is 4.29. The molecule has 0 saturated carbocycles. The molecule has 7 nitrogen and oxygen atoms in total. The van der Waals surface area contributed by atoms with Gasteiger partial charge < -0.3 is 4.42 Å². The number of furan rings is 1. The van der Waals surface area contributed by atoms with Crippen LogP contribution in [0.2, 0.25) is 5.02 Å². The van der Waals surface area contributed by atoms with Gasteiger partial charge in [0.05, 0.1) is 16.0 Å². The second kappa shape index (κ2) is 6.79. The van der Waals surface area contributed by atoms with E-state index in [1.807, 2.05) is 0 Å². The topological polar surface area (TPSA) is 95.3 Å². The van der Waals surface area contributed by atoms with E-state index in [0.717, 1.165) is 0 Å². The van der Waals surface area contributed by atoms with E-state index in [4.69, 9.17) is 16.0 Å². The molecular weight excluding hydrogens is 384 g/mol. The van der Waals surface area contributed by atoms with Crippen molar-refractivity contribution >= 4 is 40.4 Å². The van der Waals surface area contributed by atoms with Gasteiger partial charge in [0.2, 0.25) is 0 Å². The van der Waals surface area contributed by atoms with Crippen LogP contribution in [0.15, 0.2) is 65.2 Å². The predicted octanol–water partition coefficient (Wildman–Crippen LogP) is 4.96. The van der Waals surface area contributed by atoms with Gasteiger partial charge >= 0.3 is 0 Å². The number of nitro benzene ring substituents is 1. The molecule has 4 rings (SSSR count). The van der Waals surface area contributed by atoms with Gasteiger partial charge in [-0.2, -0.15) is 0 Å². The molecule has 0 unspecified atom stereocenters. The van der Waals surface area contributed by atoms with E-state index in [1.54, 1.807) is 24.3 Å². The summed E-state index contributed by atoms with van der Waals surface area (Å²) in [6.45, 7) is 0. The van der Waals surface area contributed by atoms with Crippen molar-refractivity contribution in [2.75, 3.05) is 0 Å². The Bertz CT molecular complexity index is 1250. The van der Waals surface area contributed by atoms with Crippen LogP contribution in [0, 0.1) is 10.1 Å². The van der Waals surface area contributed by atoms with Gasteiger partial charge in [0.25, 0.3) is 11.6 Å². The molecule has 0 aliphatic carbocycles. The second-order valence-corrected chi connectivity index (χ2v) is 6.41. The molecule has 0 aliphatic heterocycles. The minimum Gasteiger partial charge on any atom is -0.451 e. The minimum atomic E-state index is -0.568. The zero-order valence-electron chi connectivity index (χ0n) is 14.2. The number of carbonyl (C=O) groups is 2. The molecule has 0 aliphatic rings. The number of benzene rings is 2. The number of para-hydroxylation sites is 1. The van der Waals surface area contributed by atoms with Gasteiger partial charge in [-0.05, 0) is 30.3 Å². The van der Waals surface area contributed by atoms with Crippen molar-refractivity contribution in [3.8, 4) is 11.3 Å². The van der Waals surface area contributed by atoms with Crippen molar-refractivity contribution < 1.29 is 18.9 Å². The van der Waals surface area contributed by atoms with E-state index in [-0.39, 0.29) is 27.8 Å². The fourth-order valence-electron chi connectivity index (χ4n) is 3.05. The maximum Gasteiger partial charge on any atom is 0.298 e. The number of hydrogen-bond acceptors (Lipinski definition) is 5. The zero-order chi connectivity index (χ0) is 19.8. The number of rotatable bonds is 4. The molecule has 0 N–H and O–H groups in total. The standard InChI is InChI=1S/C20H11ClN2O5/c21-13-5-6-15(17(9-13)23(26)27)18-7-8-19(28-18)20(25)22-10-12(11-24)14-3-1-2-4-16(14)22/h1-11H. The van der Waals surface area contributed by atoms with E-state index >= 15 is 0 Å². The maximum absolute atomic E-state index is 12.9. The summed E-state index contributed by atoms with van der Waals surface area (Å²) in [5.74, 6) is -0.344. The summed E-state index contributed by atoms with van der Waals surface area (Å²) in [6.07, 6.45) is 2.11. The molecule has 0 saturated heterocycles. The lowest BCUT2D eigenvalue weighted by atomic mass is 10.1. The lowest BCUT2D eigenvalue weighted by molar-refractivity contribution is -0.384. The molecule has 0 bridgehead atoms. The van der Waals surface area contributed by atoms with Gasteiger partial charge in [0.15, 0.2) is 12.0 Å². The molecule has 0 radical (unpaired) electrons. The highest BCUT2D eigenvalue weighted by molar-refractivity contribution is 6.30. The number of halogens is 1. The predicted molar refractivity (Wildman–Crippen MR) is 103 cm³/mol. The van der Waals surface area contributed by atoms with Crippen molar-refractivity contribution in [3.63, 3.8) is 0 Å². The Morgan fingerprint density at radius 3 is 2.68 bits per heavy atom. The number of aromatic nitrogens is 1. The van der Waals surface area contributed by atoms with Crippen LogP contribution in [0.1, 0.15) is 20.9 Å². The van der Waals surface area contributed by atoms with Crippen LogP contribution in [-0.4, -0.2) is 21.7 Å². The lowest BCUT2D eigenvalue weighted by Crippen LogP contribution is -2.09. The van der Waals surface area contributed by atoms with Gasteiger partial charge in [-0.15, -0.1) is 0 Å². The average Bonchev–Trinajstić information content (AvgIpc) is 3.32. The van der Waals surface area contributed by atoms with Crippen LogP contribution in [0.3, 0.4) is 0 Å². The smallest absolute Gasteiger partial charge is 0.298 e.